The standard InChI is InChI=1S/C22H29ClN4O/c1-4-24-22(26-15-13-18-9-5-6-11-20(18)23)25-14-12-17-8-7-10-19(16-17)21(28)27(2)3/h5-11,16H,4,12-15H2,1-3H3,(H2,24,25,26). The minimum absolute atomic E-state index is 0.0179. The summed E-state index contributed by atoms with van der Waals surface area (Å²) < 4.78 is 0. The lowest BCUT2D eigenvalue weighted by atomic mass is 10.1. The summed E-state index contributed by atoms with van der Waals surface area (Å²) in [6, 6.07) is 15.6. The van der Waals surface area contributed by atoms with E-state index in [-0.39, 0.29) is 5.91 Å². The van der Waals surface area contributed by atoms with Gasteiger partial charge in [-0.1, -0.05) is 41.9 Å². The molecule has 0 radical (unpaired) electrons. The first-order chi connectivity index (χ1) is 13.5. The SMILES string of the molecule is CCNC(=NCCc1ccccc1Cl)NCCc1cccc(C(=O)N(C)C)c1. The lowest BCUT2D eigenvalue weighted by Gasteiger charge is -2.13. The van der Waals surface area contributed by atoms with Crippen molar-refractivity contribution >= 4 is 23.5 Å². The molecule has 0 fully saturated rings. The molecular formula is C22H29ClN4O. The Bertz CT molecular complexity index is 805. The van der Waals surface area contributed by atoms with E-state index in [9.17, 15) is 4.79 Å². The molecule has 1 amide bonds. The summed E-state index contributed by atoms with van der Waals surface area (Å²) >= 11 is 6.20. The Balaban J connectivity index is 1.88. The molecule has 150 valence electrons. The summed E-state index contributed by atoms with van der Waals surface area (Å²) in [7, 11) is 3.52. The Labute approximate surface area is 172 Å². The molecule has 0 aliphatic rings. The summed E-state index contributed by atoms with van der Waals surface area (Å²) in [5, 5.41) is 7.39. The van der Waals surface area contributed by atoms with E-state index in [0.717, 1.165) is 48.0 Å². The zero-order chi connectivity index (χ0) is 20.4. The Morgan fingerprint density at radius 3 is 2.57 bits per heavy atom. The van der Waals surface area contributed by atoms with Gasteiger partial charge in [0, 0.05) is 44.3 Å². The second-order valence-corrected chi connectivity index (χ2v) is 7.09. The van der Waals surface area contributed by atoms with Crippen molar-refractivity contribution in [2.75, 3.05) is 33.7 Å². The number of carbonyl (C=O) groups is 1. The van der Waals surface area contributed by atoms with Crippen molar-refractivity contribution in [3.05, 3.63) is 70.2 Å². The Kier molecular flexibility index (Phi) is 8.82. The maximum Gasteiger partial charge on any atom is 0.253 e. The number of guanidine groups is 1. The highest BCUT2D eigenvalue weighted by atomic mass is 35.5. The average molecular weight is 401 g/mol. The van der Waals surface area contributed by atoms with E-state index in [0.29, 0.717) is 12.1 Å². The van der Waals surface area contributed by atoms with Crippen LogP contribution >= 0.6 is 11.6 Å². The molecule has 0 spiro atoms. The molecule has 0 aliphatic heterocycles. The van der Waals surface area contributed by atoms with Crippen LogP contribution in [0.15, 0.2) is 53.5 Å². The molecule has 0 saturated heterocycles. The third-order valence-corrected chi connectivity index (χ3v) is 4.61. The molecule has 0 aromatic heterocycles. The summed E-state index contributed by atoms with van der Waals surface area (Å²) in [6.45, 7) is 4.23. The number of halogens is 1. The maximum absolute atomic E-state index is 12.1. The number of hydrogen-bond acceptors (Lipinski definition) is 2. The van der Waals surface area contributed by atoms with Gasteiger partial charge in [-0.25, -0.2) is 0 Å². The van der Waals surface area contributed by atoms with Crippen LogP contribution in [0.2, 0.25) is 5.02 Å². The molecule has 0 saturated carbocycles. The van der Waals surface area contributed by atoms with Gasteiger partial charge < -0.3 is 15.5 Å². The van der Waals surface area contributed by atoms with E-state index < -0.39 is 0 Å². The van der Waals surface area contributed by atoms with Crippen molar-refractivity contribution in [2.24, 2.45) is 4.99 Å². The molecule has 5 nitrogen and oxygen atoms in total. The molecular weight excluding hydrogens is 372 g/mol. The Hall–Kier alpha value is -2.53. The lowest BCUT2D eigenvalue weighted by molar-refractivity contribution is 0.0827. The van der Waals surface area contributed by atoms with Gasteiger partial charge in [-0.05, 0) is 49.1 Å². The molecule has 2 rings (SSSR count). The quantitative estimate of drug-likeness (QED) is 0.527. The van der Waals surface area contributed by atoms with Gasteiger partial charge in [0.05, 0.1) is 0 Å². The Morgan fingerprint density at radius 2 is 1.86 bits per heavy atom. The molecule has 2 aromatic rings. The number of carbonyl (C=O) groups excluding carboxylic acids is 1. The van der Waals surface area contributed by atoms with Gasteiger partial charge in [0.25, 0.3) is 5.91 Å². The minimum atomic E-state index is 0.0179. The van der Waals surface area contributed by atoms with E-state index >= 15 is 0 Å². The highest BCUT2D eigenvalue weighted by molar-refractivity contribution is 6.31. The molecule has 0 atom stereocenters. The number of aliphatic imine (C=N–C) groups is 1. The number of amides is 1. The zero-order valence-electron chi connectivity index (χ0n) is 16.8. The van der Waals surface area contributed by atoms with Crippen molar-refractivity contribution in [3.8, 4) is 0 Å². The van der Waals surface area contributed by atoms with Crippen LogP contribution in [-0.4, -0.2) is 50.5 Å². The van der Waals surface area contributed by atoms with Crippen molar-refractivity contribution in [2.45, 2.75) is 19.8 Å². The van der Waals surface area contributed by atoms with Crippen LogP contribution in [0, 0.1) is 0 Å². The fraction of sp³-hybridized carbons (Fsp3) is 0.364. The fourth-order valence-electron chi connectivity index (χ4n) is 2.77. The normalized spacial score (nSPS) is 11.2. The van der Waals surface area contributed by atoms with Crippen LogP contribution in [-0.2, 0) is 12.8 Å². The predicted molar refractivity (Wildman–Crippen MR) is 117 cm³/mol. The first-order valence-electron chi connectivity index (χ1n) is 9.57. The van der Waals surface area contributed by atoms with Crippen molar-refractivity contribution in [3.63, 3.8) is 0 Å². The second-order valence-electron chi connectivity index (χ2n) is 6.68. The fourth-order valence-corrected chi connectivity index (χ4v) is 3.00. The van der Waals surface area contributed by atoms with Gasteiger partial charge in [-0.15, -0.1) is 0 Å². The van der Waals surface area contributed by atoms with Crippen molar-refractivity contribution in [1.29, 1.82) is 0 Å². The third kappa shape index (κ3) is 6.89. The van der Waals surface area contributed by atoms with Crippen LogP contribution in [0.25, 0.3) is 0 Å². The maximum atomic E-state index is 12.1. The molecule has 0 aliphatic carbocycles. The van der Waals surface area contributed by atoms with Crippen LogP contribution in [0.1, 0.15) is 28.4 Å². The van der Waals surface area contributed by atoms with Gasteiger partial charge in [0.15, 0.2) is 5.96 Å². The minimum Gasteiger partial charge on any atom is -0.357 e. The molecule has 28 heavy (non-hydrogen) atoms. The Morgan fingerprint density at radius 1 is 1.07 bits per heavy atom. The number of hydrogen-bond donors (Lipinski definition) is 2. The van der Waals surface area contributed by atoms with E-state index in [2.05, 4.69) is 15.6 Å². The van der Waals surface area contributed by atoms with Crippen molar-refractivity contribution < 1.29 is 4.79 Å². The van der Waals surface area contributed by atoms with E-state index in [4.69, 9.17) is 11.6 Å². The highest BCUT2D eigenvalue weighted by Gasteiger charge is 2.08. The molecule has 0 heterocycles. The van der Waals surface area contributed by atoms with Crippen LogP contribution in [0.4, 0.5) is 0 Å². The number of rotatable bonds is 8. The predicted octanol–water partition coefficient (Wildman–Crippen LogP) is 3.38. The molecule has 2 aromatic carbocycles. The van der Waals surface area contributed by atoms with Gasteiger partial charge in [-0.2, -0.15) is 0 Å². The summed E-state index contributed by atoms with van der Waals surface area (Å²) in [4.78, 5) is 18.3. The zero-order valence-corrected chi connectivity index (χ0v) is 17.6. The van der Waals surface area contributed by atoms with Crippen LogP contribution < -0.4 is 10.6 Å². The number of nitrogens with zero attached hydrogens (tertiary/aromatic N) is 2. The van der Waals surface area contributed by atoms with Gasteiger partial charge in [0.1, 0.15) is 0 Å². The topological polar surface area (TPSA) is 56.7 Å². The second kappa shape index (κ2) is 11.3. The van der Waals surface area contributed by atoms with E-state index in [1.54, 1.807) is 19.0 Å². The van der Waals surface area contributed by atoms with E-state index in [1.165, 1.54) is 0 Å². The van der Waals surface area contributed by atoms with Crippen LogP contribution in [0.3, 0.4) is 0 Å². The monoisotopic (exact) mass is 400 g/mol. The molecule has 6 heteroatoms. The summed E-state index contributed by atoms with van der Waals surface area (Å²) in [5.41, 5.74) is 2.93. The summed E-state index contributed by atoms with van der Waals surface area (Å²) in [6.07, 6.45) is 1.61. The van der Waals surface area contributed by atoms with Gasteiger partial charge in [0.2, 0.25) is 0 Å². The molecule has 0 unspecified atom stereocenters. The van der Waals surface area contributed by atoms with Crippen molar-refractivity contribution in [1.82, 2.24) is 15.5 Å². The highest BCUT2D eigenvalue weighted by Crippen LogP contribution is 2.15. The van der Waals surface area contributed by atoms with E-state index in [1.807, 2.05) is 55.5 Å². The van der Waals surface area contributed by atoms with Gasteiger partial charge >= 0.3 is 0 Å². The molecule has 2 N–H and O–H groups in total. The van der Waals surface area contributed by atoms with Crippen LogP contribution in [0.5, 0.6) is 0 Å². The number of benzene rings is 2. The first-order valence-corrected chi connectivity index (χ1v) is 9.95. The summed E-state index contributed by atoms with van der Waals surface area (Å²) in [5.74, 6) is 0.805. The number of nitrogens with one attached hydrogen (secondary N) is 2. The van der Waals surface area contributed by atoms with Gasteiger partial charge in [-0.3, -0.25) is 9.79 Å². The smallest absolute Gasteiger partial charge is 0.253 e. The largest absolute Gasteiger partial charge is 0.357 e. The lowest BCUT2D eigenvalue weighted by Crippen LogP contribution is -2.38. The third-order valence-electron chi connectivity index (χ3n) is 4.24. The average Bonchev–Trinajstić information content (AvgIpc) is 2.69. The first kappa shape index (κ1) is 21.8. The molecule has 0 bridgehead atoms.